The Morgan fingerprint density at radius 3 is 2.82 bits per heavy atom. The fourth-order valence-electron chi connectivity index (χ4n) is 3.08. The average molecular weight is 345 g/mol. The lowest BCUT2D eigenvalue weighted by Gasteiger charge is -2.37. The highest BCUT2D eigenvalue weighted by molar-refractivity contribution is 7.17. The molecule has 2 atom stereocenters. The van der Waals surface area contributed by atoms with Gasteiger partial charge in [-0.25, -0.2) is 0 Å². The first-order valence-electron chi connectivity index (χ1n) is 7.67. The second-order valence-electron chi connectivity index (χ2n) is 5.65. The van der Waals surface area contributed by atoms with E-state index in [0.717, 1.165) is 45.9 Å². The zero-order chi connectivity index (χ0) is 15.4. The normalized spacial score (nSPS) is 24.3. The standard InChI is InChI=1S/C15H21ClN2O3S/c16-14-2-1-13(22-14)15(19)17-9-12(11-3-6-21-10-11)18-4-7-20-8-5-18/h1-2,11-12H,3-10H2,(H,17,19)/t11-,12+/m0/s1. The second-order valence-corrected chi connectivity index (χ2v) is 7.37. The van der Waals surface area contributed by atoms with Gasteiger partial charge >= 0.3 is 0 Å². The first kappa shape index (κ1) is 16.2. The molecule has 7 heteroatoms. The van der Waals surface area contributed by atoms with Gasteiger partial charge in [-0.2, -0.15) is 0 Å². The number of carbonyl (C=O) groups is 1. The Labute approximate surface area is 139 Å². The lowest BCUT2D eigenvalue weighted by molar-refractivity contribution is 0.00167. The molecule has 1 aromatic rings. The lowest BCUT2D eigenvalue weighted by Crippen LogP contribution is -2.52. The van der Waals surface area contributed by atoms with Crippen LogP contribution in [0.2, 0.25) is 4.34 Å². The van der Waals surface area contributed by atoms with Gasteiger partial charge < -0.3 is 14.8 Å². The third-order valence-electron chi connectivity index (χ3n) is 4.29. The molecule has 1 aromatic heterocycles. The van der Waals surface area contributed by atoms with Crippen LogP contribution in [0.15, 0.2) is 12.1 Å². The SMILES string of the molecule is O=C(NC[C@H]([C@H]1CCOC1)N1CCOCC1)c1ccc(Cl)s1. The Hall–Kier alpha value is -0.660. The van der Waals surface area contributed by atoms with Gasteiger partial charge in [-0.15, -0.1) is 11.3 Å². The van der Waals surface area contributed by atoms with Crippen LogP contribution in [0.5, 0.6) is 0 Å². The van der Waals surface area contributed by atoms with E-state index < -0.39 is 0 Å². The smallest absolute Gasteiger partial charge is 0.261 e. The Morgan fingerprint density at radius 2 is 2.18 bits per heavy atom. The van der Waals surface area contributed by atoms with Crippen LogP contribution in [0.1, 0.15) is 16.1 Å². The van der Waals surface area contributed by atoms with Crippen LogP contribution in [0.4, 0.5) is 0 Å². The van der Waals surface area contributed by atoms with Crippen molar-refractivity contribution in [2.45, 2.75) is 12.5 Å². The molecule has 0 unspecified atom stereocenters. The van der Waals surface area contributed by atoms with E-state index in [4.69, 9.17) is 21.1 Å². The Balaban J connectivity index is 1.60. The van der Waals surface area contributed by atoms with Crippen molar-refractivity contribution < 1.29 is 14.3 Å². The highest BCUT2D eigenvalue weighted by Crippen LogP contribution is 2.23. The number of amides is 1. The number of hydrogen-bond donors (Lipinski definition) is 1. The van der Waals surface area contributed by atoms with Crippen LogP contribution in [-0.4, -0.2) is 62.9 Å². The van der Waals surface area contributed by atoms with Crippen LogP contribution in [0.25, 0.3) is 0 Å². The Bertz CT molecular complexity index is 499. The van der Waals surface area contributed by atoms with Crippen molar-refractivity contribution in [2.75, 3.05) is 46.1 Å². The van der Waals surface area contributed by atoms with Gasteiger partial charge in [0.1, 0.15) is 0 Å². The molecule has 0 bridgehead atoms. The van der Waals surface area contributed by atoms with Gasteiger partial charge in [-0.05, 0) is 18.6 Å². The molecule has 122 valence electrons. The molecule has 3 rings (SSSR count). The van der Waals surface area contributed by atoms with Crippen molar-refractivity contribution in [3.63, 3.8) is 0 Å². The minimum atomic E-state index is -0.0472. The monoisotopic (exact) mass is 344 g/mol. The summed E-state index contributed by atoms with van der Waals surface area (Å²) in [6.07, 6.45) is 1.06. The molecule has 2 fully saturated rings. The van der Waals surface area contributed by atoms with Crippen molar-refractivity contribution in [3.8, 4) is 0 Å². The topological polar surface area (TPSA) is 50.8 Å². The molecule has 0 aromatic carbocycles. The van der Waals surface area contributed by atoms with Crippen LogP contribution < -0.4 is 5.32 Å². The molecule has 3 heterocycles. The molecule has 5 nitrogen and oxygen atoms in total. The number of nitrogens with one attached hydrogen (secondary N) is 1. The summed E-state index contributed by atoms with van der Waals surface area (Å²) >= 11 is 7.20. The maximum Gasteiger partial charge on any atom is 0.261 e. The largest absolute Gasteiger partial charge is 0.381 e. The highest BCUT2D eigenvalue weighted by Gasteiger charge is 2.31. The van der Waals surface area contributed by atoms with E-state index in [1.807, 2.05) is 0 Å². The molecule has 0 saturated carbocycles. The van der Waals surface area contributed by atoms with E-state index in [1.165, 1.54) is 11.3 Å². The molecular formula is C15H21ClN2O3S. The predicted molar refractivity (Wildman–Crippen MR) is 86.8 cm³/mol. The first-order chi connectivity index (χ1) is 10.7. The minimum absolute atomic E-state index is 0.0472. The summed E-state index contributed by atoms with van der Waals surface area (Å²) in [5.41, 5.74) is 0. The molecule has 1 N–H and O–H groups in total. The third-order valence-corrected chi connectivity index (χ3v) is 5.52. The molecule has 0 radical (unpaired) electrons. The van der Waals surface area contributed by atoms with E-state index in [2.05, 4.69) is 10.2 Å². The third kappa shape index (κ3) is 4.00. The zero-order valence-electron chi connectivity index (χ0n) is 12.4. The Morgan fingerprint density at radius 1 is 1.36 bits per heavy atom. The molecule has 2 saturated heterocycles. The summed E-state index contributed by atoms with van der Waals surface area (Å²) in [5.74, 6) is 0.430. The Kier molecular flexibility index (Phi) is 5.71. The van der Waals surface area contributed by atoms with Gasteiger partial charge in [-0.3, -0.25) is 9.69 Å². The summed E-state index contributed by atoms with van der Waals surface area (Å²) in [4.78, 5) is 15.3. The van der Waals surface area contributed by atoms with Gasteiger partial charge in [0, 0.05) is 38.2 Å². The predicted octanol–water partition coefficient (Wildman–Crippen LogP) is 1.87. The van der Waals surface area contributed by atoms with E-state index in [1.54, 1.807) is 12.1 Å². The number of nitrogens with zero attached hydrogens (tertiary/aromatic N) is 1. The maximum absolute atomic E-state index is 12.2. The number of rotatable bonds is 5. The van der Waals surface area contributed by atoms with Crippen LogP contribution >= 0.6 is 22.9 Å². The molecule has 0 aliphatic carbocycles. The number of hydrogen-bond acceptors (Lipinski definition) is 5. The van der Waals surface area contributed by atoms with E-state index >= 15 is 0 Å². The average Bonchev–Trinajstić information content (AvgIpc) is 3.20. The van der Waals surface area contributed by atoms with Crippen molar-refractivity contribution in [1.29, 1.82) is 0 Å². The van der Waals surface area contributed by atoms with E-state index in [-0.39, 0.29) is 5.91 Å². The summed E-state index contributed by atoms with van der Waals surface area (Å²) in [7, 11) is 0. The van der Waals surface area contributed by atoms with Crippen LogP contribution in [-0.2, 0) is 9.47 Å². The van der Waals surface area contributed by atoms with Gasteiger partial charge in [0.05, 0.1) is 29.0 Å². The number of morpholine rings is 1. The lowest BCUT2D eigenvalue weighted by atomic mass is 9.97. The van der Waals surface area contributed by atoms with Crippen molar-refractivity contribution in [3.05, 3.63) is 21.3 Å². The van der Waals surface area contributed by atoms with Crippen molar-refractivity contribution in [2.24, 2.45) is 5.92 Å². The summed E-state index contributed by atoms with van der Waals surface area (Å²) in [5, 5.41) is 3.06. The fraction of sp³-hybridized carbons (Fsp3) is 0.667. The molecule has 22 heavy (non-hydrogen) atoms. The summed E-state index contributed by atoms with van der Waals surface area (Å²) < 4.78 is 11.6. The molecule has 2 aliphatic heterocycles. The highest BCUT2D eigenvalue weighted by atomic mass is 35.5. The molecule has 1 amide bonds. The van der Waals surface area contributed by atoms with Gasteiger partial charge in [0.15, 0.2) is 0 Å². The molecule has 2 aliphatic rings. The number of thiophene rings is 1. The summed E-state index contributed by atoms with van der Waals surface area (Å²) in [6.45, 7) is 5.60. The van der Waals surface area contributed by atoms with Crippen LogP contribution in [0.3, 0.4) is 0 Å². The van der Waals surface area contributed by atoms with E-state index in [9.17, 15) is 4.79 Å². The number of ether oxygens (including phenoxy) is 2. The van der Waals surface area contributed by atoms with E-state index in [0.29, 0.717) is 27.7 Å². The number of carbonyl (C=O) groups excluding carboxylic acids is 1. The molecule has 0 spiro atoms. The van der Waals surface area contributed by atoms with Gasteiger partial charge in [0.2, 0.25) is 0 Å². The first-order valence-corrected chi connectivity index (χ1v) is 8.86. The minimum Gasteiger partial charge on any atom is -0.381 e. The van der Waals surface area contributed by atoms with Crippen LogP contribution in [0, 0.1) is 5.92 Å². The van der Waals surface area contributed by atoms with Crippen molar-refractivity contribution in [1.82, 2.24) is 10.2 Å². The zero-order valence-corrected chi connectivity index (χ0v) is 14.0. The maximum atomic E-state index is 12.2. The second kappa shape index (κ2) is 7.75. The molecular weight excluding hydrogens is 324 g/mol. The van der Waals surface area contributed by atoms with Gasteiger partial charge in [-0.1, -0.05) is 11.6 Å². The quantitative estimate of drug-likeness (QED) is 0.886. The summed E-state index contributed by atoms with van der Waals surface area (Å²) in [6, 6.07) is 3.83. The number of halogens is 1. The van der Waals surface area contributed by atoms with Gasteiger partial charge in [0.25, 0.3) is 5.91 Å². The van der Waals surface area contributed by atoms with Crippen molar-refractivity contribution >= 4 is 28.8 Å². The fourth-order valence-corrected chi connectivity index (χ4v) is 4.04.